The Balaban J connectivity index is 0.000000147. The maximum atomic E-state index is 14.9. The number of carbonyl (C=O) groups is 4. The number of ether oxygens (including phenoxy) is 4. The molecule has 0 radical (unpaired) electrons. The molecular weight excluding hydrogens is 2000 g/mol. The molecule has 54 heteroatoms. The van der Waals surface area contributed by atoms with Crippen LogP contribution in [0.15, 0.2) is 166 Å². The van der Waals surface area contributed by atoms with Crippen LogP contribution >= 0.6 is 45.3 Å². The lowest BCUT2D eigenvalue weighted by Gasteiger charge is -2.31. The lowest BCUT2D eigenvalue weighted by Crippen LogP contribution is -2.46. The van der Waals surface area contributed by atoms with Crippen molar-refractivity contribution in [2.45, 2.75) is 128 Å². The summed E-state index contributed by atoms with van der Waals surface area (Å²) >= 11 is 4.97. The second kappa shape index (κ2) is 41.7. The van der Waals surface area contributed by atoms with Gasteiger partial charge in [-0.3, -0.25) is 20.0 Å². The van der Waals surface area contributed by atoms with Crippen molar-refractivity contribution in [2.75, 3.05) is 73.5 Å². The number of halogens is 11. The molecule has 0 bridgehead atoms. The highest BCUT2D eigenvalue weighted by Gasteiger charge is 2.50. The molecule has 0 amide bonds. The van der Waals surface area contributed by atoms with E-state index in [1.54, 1.807) is 88.1 Å². The SMILES string of the molecule is COC(=O)C1=C2C[C@H](NS(=O)(=O)CC(C)(C)C)CN2C(c2nccs2)=N[C@H]1c1ccc(F)c(F)c1F.COC(=O)C1=C2C[C@H](NS(=O)(=O)N3CCCC3)CN2C(c2nccs2)=N[C@H]1c1ccc(F)c(F)c1F.COC(=O)C1=C2C[C@H](NS(=O)(=O)NC(C)C)CN2C(c2nccs2)=N[C@H]1c1ccc(F)c(F)c1F.COC(=O)C1=C2C[C@H](NS(N)(=O)=O)CN2C(c2nccs2)=N[C@H]1c1ccc(F)cc1F. The molecule has 8 atom stereocenters. The normalized spacial score (nSPS) is 21.1. The molecule has 5 saturated heterocycles. The van der Waals surface area contributed by atoms with Crippen molar-refractivity contribution >= 4 is 133 Å². The number of nitrogens with two attached hydrogens (primary N) is 1. The third-order valence-electron chi connectivity index (χ3n) is 22.2. The number of nitrogens with zero attached hydrogens (tertiary/aromatic N) is 13. The summed E-state index contributed by atoms with van der Waals surface area (Å²) in [4.78, 5) is 93.1. The Morgan fingerprint density at radius 2 is 0.732 bits per heavy atom. The van der Waals surface area contributed by atoms with E-state index in [4.69, 9.17) is 24.1 Å². The van der Waals surface area contributed by atoms with Crippen LogP contribution in [-0.2, 0) is 78.8 Å². The van der Waals surface area contributed by atoms with Crippen molar-refractivity contribution in [1.29, 1.82) is 0 Å². The number of hydrogen-bond donors (Lipinski definition) is 6. The van der Waals surface area contributed by atoms with Gasteiger partial charge in [0, 0.05) is 193 Å². The summed E-state index contributed by atoms with van der Waals surface area (Å²) in [5, 5.41) is 13.7. The van der Waals surface area contributed by atoms with Gasteiger partial charge in [0.05, 0.1) is 56.5 Å². The lowest BCUT2D eigenvalue weighted by molar-refractivity contribution is -0.137. The van der Waals surface area contributed by atoms with Gasteiger partial charge in [-0.25, -0.2) is 106 Å². The summed E-state index contributed by atoms with van der Waals surface area (Å²) < 4.78 is 289. The Hall–Kier alpha value is -11.1. The number of esters is 4. The van der Waals surface area contributed by atoms with E-state index in [1.807, 2.05) is 0 Å². The molecule has 7 N–H and O–H groups in total. The molecule has 4 aromatic heterocycles. The molecule has 8 aromatic rings. The van der Waals surface area contributed by atoms with Crippen molar-refractivity contribution in [3.05, 3.63) is 252 Å². The highest BCUT2D eigenvalue weighted by molar-refractivity contribution is 7.89. The number of carbonyl (C=O) groups excluding carboxylic acids is 4. The quantitative estimate of drug-likeness (QED) is 0.0142. The van der Waals surface area contributed by atoms with Crippen LogP contribution in [0.1, 0.15) is 140 Å². The second-order valence-corrected chi connectivity index (χ2v) is 43.2. The number of hydrogen-bond acceptors (Lipinski definition) is 32. The van der Waals surface area contributed by atoms with E-state index < -0.39 is 182 Å². The number of aromatic nitrogens is 4. The van der Waals surface area contributed by atoms with Gasteiger partial charge >= 0.3 is 23.9 Å². The summed E-state index contributed by atoms with van der Waals surface area (Å²) in [6.45, 7) is 10.1. The van der Waals surface area contributed by atoms with E-state index in [9.17, 15) is 101 Å². The van der Waals surface area contributed by atoms with Gasteiger partial charge in [0.1, 0.15) is 35.8 Å². The van der Waals surface area contributed by atoms with Crippen LogP contribution in [0, 0.1) is 69.4 Å². The molecule has 5 fully saturated rings. The first-order valence-electron chi connectivity index (χ1n) is 41.7. The van der Waals surface area contributed by atoms with Crippen LogP contribution in [0.2, 0.25) is 0 Å². The predicted molar refractivity (Wildman–Crippen MR) is 483 cm³/mol. The number of sulfonamides is 1. The molecule has 17 rings (SSSR count). The van der Waals surface area contributed by atoms with Gasteiger partial charge in [-0.1, -0.05) is 45.0 Å². The molecule has 4 aromatic carbocycles. The molecule has 0 aliphatic carbocycles. The Bertz CT molecular complexity index is 6830. The Morgan fingerprint density at radius 3 is 1.02 bits per heavy atom. The number of methoxy groups -OCH3 is 4. The summed E-state index contributed by atoms with van der Waals surface area (Å²) in [6.07, 6.45) is 7.98. The maximum Gasteiger partial charge on any atom is 0.338 e. The minimum Gasteiger partial charge on any atom is -0.466 e. The maximum absolute atomic E-state index is 14.9. The highest BCUT2D eigenvalue weighted by Crippen LogP contribution is 2.48. The van der Waals surface area contributed by atoms with Gasteiger partial charge in [-0.2, -0.15) is 48.4 Å². The molecular formula is C84H86F11N19O16S8. The third kappa shape index (κ3) is 22.3. The van der Waals surface area contributed by atoms with Crippen LogP contribution in [0.3, 0.4) is 0 Å². The van der Waals surface area contributed by atoms with Gasteiger partial charge in [-0.15, -0.1) is 45.3 Å². The largest absolute Gasteiger partial charge is 0.466 e. The first kappa shape index (κ1) is 103. The monoisotopic (exact) mass is 2080 g/mol. The van der Waals surface area contributed by atoms with Gasteiger partial charge in [0.15, 0.2) is 95.7 Å². The molecule has 138 heavy (non-hydrogen) atoms. The number of aliphatic imine (C=N–C) groups is 4. The van der Waals surface area contributed by atoms with Gasteiger partial charge in [0.25, 0.3) is 30.6 Å². The van der Waals surface area contributed by atoms with E-state index in [-0.39, 0.29) is 126 Å². The molecule has 0 unspecified atom stereocenters. The van der Waals surface area contributed by atoms with Crippen molar-refractivity contribution in [1.82, 2.24) is 67.5 Å². The van der Waals surface area contributed by atoms with Gasteiger partial charge in [-0.05, 0) is 56.4 Å². The van der Waals surface area contributed by atoms with Crippen molar-refractivity contribution < 1.29 is 120 Å². The van der Waals surface area contributed by atoms with Crippen LogP contribution in [0.4, 0.5) is 48.3 Å². The summed E-state index contributed by atoms with van der Waals surface area (Å²) in [5.41, 5.74) is -0.383. The van der Waals surface area contributed by atoms with Gasteiger partial charge in [0.2, 0.25) is 10.0 Å². The topological polar surface area (TPSA) is 445 Å². The average molecular weight is 2080 g/mol. The van der Waals surface area contributed by atoms with E-state index in [2.05, 4.69) is 63.5 Å². The number of thiazole rings is 4. The number of fused-ring (bicyclic) bond motifs is 4. The summed E-state index contributed by atoms with van der Waals surface area (Å²) in [6, 6.07) is 0.167. The molecule has 9 aliphatic heterocycles. The smallest absolute Gasteiger partial charge is 0.338 e. The van der Waals surface area contributed by atoms with E-state index in [0.717, 1.165) is 76.6 Å². The minimum absolute atomic E-state index is 0.0224. The Labute approximate surface area is 799 Å². The van der Waals surface area contributed by atoms with E-state index in [0.29, 0.717) is 67.8 Å². The van der Waals surface area contributed by atoms with E-state index >= 15 is 0 Å². The average Bonchev–Trinajstić information content (AvgIpc) is 1.57. The molecule has 0 spiro atoms. The Morgan fingerprint density at radius 1 is 0.428 bits per heavy atom. The van der Waals surface area contributed by atoms with Gasteiger partial charge < -0.3 is 38.5 Å². The first-order chi connectivity index (χ1) is 65.2. The molecule has 9 aliphatic rings. The number of amidine groups is 4. The van der Waals surface area contributed by atoms with Crippen LogP contribution in [0.25, 0.3) is 0 Å². The second-order valence-electron chi connectivity index (χ2n) is 33.4. The van der Waals surface area contributed by atoms with Crippen molar-refractivity contribution in [3.8, 4) is 0 Å². The number of nitrogens with one attached hydrogen (secondary N) is 5. The lowest BCUT2D eigenvalue weighted by atomic mass is 9.94. The third-order valence-corrected chi connectivity index (χ3v) is 31.0. The zero-order valence-corrected chi connectivity index (χ0v) is 80.6. The number of benzene rings is 4. The fourth-order valence-corrected chi connectivity index (χ4v) is 24.8. The summed E-state index contributed by atoms with van der Waals surface area (Å²) in [5.74, 6) is -17.6. The fourth-order valence-electron chi connectivity index (χ4n) is 16.9. The Kier molecular flexibility index (Phi) is 31.1. The standard InChI is InChI=1S/C23H25F3N4O4S2.C22H22F3N5O4S2.C21H22F3N5O4S2.C18H17F2N5O4S2/c1-23(2,3)11-36(32,33)29-12-9-15-16(22(31)34-4)19(13-5-6-14(24)18(26)17(13)25)28-20(30(15)10-12)21-27-7-8-35-21;1-34-22(31)16-15-10-12(28-36(32,33)29-7-2-3-8-29)11-30(15)20(21-26-6-9-35-21)27-19(16)13-4-5-14(23)18(25)17(13)24;1-10(2)27-35(31,32)28-11-8-14-15(21(30)33-3)18(12-4-5-13(22)17(24)16(12)23)26-19(29(14)9-11)20-25-6-7-34-20;1-29-18(26)14-13-7-10(24-31(21,27)28)8-25(13)16(17-22-4-5-30-17)23-15(14)11-3-2-9(19)6-12(11)20/h5-8,12,19,29H,9-11H2,1-4H3;4-6,9,12,19,28H,2-3,7-8,10-11H2,1H3;4-7,10-11,18,27-28H,8-9H2,1-3H3;2-6,10,15,24H,7-8H2,1H3,(H2,21,27,28)/t2*12-,19-;11-,18-;10-,15-/m0000/s1. The molecule has 13 heterocycles. The molecule has 35 nitrogen and oxygen atoms in total. The predicted octanol–water partition coefficient (Wildman–Crippen LogP) is 9.64. The molecule has 0 saturated carbocycles. The van der Waals surface area contributed by atoms with Crippen LogP contribution < -0.4 is 28.7 Å². The van der Waals surface area contributed by atoms with Crippen molar-refractivity contribution in [2.24, 2.45) is 30.5 Å². The van der Waals surface area contributed by atoms with Crippen LogP contribution in [-0.4, -0.2) is 228 Å². The zero-order valence-electron chi connectivity index (χ0n) is 74.1. The highest BCUT2D eigenvalue weighted by atomic mass is 32.2. The van der Waals surface area contributed by atoms with E-state index in [1.165, 1.54) is 75.2 Å². The van der Waals surface area contributed by atoms with Crippen molar-refractivity contribution in [3.63, 3.8) is 0 Å². The first-order valence-corrected chi connectivity index (χ1v) is 51.3. The van der Waals surface area contributed by atoms with Crippen LogP contribution in [0.5, 0.6) is 0 Å². The zero-order chi connectivity index (χ0) is 99.9. The molecule has 738 valence electrons. The minimum atomic E-state index is -4.01. The fraction of sp³-hybridized carbons (Fsp3) is 0.381. The number of rotatable bonds is 24. The summed E-state index contributed by atoms with van der Waals surface area (Å²) in [7, 11) is -10.8.